The van der Waals surface area contributed by atoms with Crippen LogP contribution in [-0.2, 0) is 47.4 Å². The van der Waals surface area contributed by atoms with Crippen LogP contribution in [0.25, 0.3) is 0 Å². The quantitative estimate of drug-likeness (QED) is 0.110. The van der Waals surface area contributed by atoms with Crippen molar-refractivity contribution in [1.82, 2.24) is 0 Å². The molecule has 0 unspecified atom stereocenters. The highest BCUT2D eigenvalue weighted by molar-refractivity contribution is 5.89. The maximum atomic E-state index is 13.7. The molecule has 25 atom stereocenters. The van der Waals surface area contributed by atoms with Crippen molar-refractivity contribution in [3.63, 3.8) is 0 Å². The van der Waals surface area contributed by atoms with Crippen molar-refractivity contribution in [3.8, 4) is 0 Å². The number of hydrogen-bond donors (Lipinski definition) is 8. The van der Waals surface area contributed by atoms with Crippen LogP contribution in [0.3, 0.4) is 0 Å². The Morgan fingerprint density at radius 3 is 1.72 bits per heavy atom. The van der Waals surface area contributed by atoms with Crippen molar-refractivity contribution in [2.24, 2.45) is 16.7 Å². The first-order valence-electron chi connectivity index (χ1n) is 26.3. The van der Waals surface area contributed by atoms with Gasteiger partial charge in [0.1, 0.15) is 47.3 Å². The fraction of sp³-hybridized carbons (Fsp3) is 0.830. The predicted octanol–water partition coefficient (Wildman–Crippen LogP) is 2.67. The maximum Gasteiger partial charge on any atom is 0.338 e. The Kier molecular flexibility index (Phi) is 15.6. The average molecular weight is 1020 g/mol. The van der Waals surface area contributed by atoms with E-state index >= 15 is 0 Å². The third-order valence-electron chi connectivity index (χ3n) is 18.7. The van der Waals surface area contributed by atoms with Crippen LogP contribution in [0.1, 0.15) is 129 Å². The summed E-state index contributed by atoms with van der Waals surface area (Å²) in [7, 11) is 1.51. The second kappa shape index (κ2) is 20.6. The molecule has 72 heavy (non-hydrogen) atoms. The van der Waals surface area contributed by atoms with E-state index in [2.05, 4.69) is 6.92 Å². The Morgan fingerprint density at radius 1 is 0.694 bits per heavy atom. The van der Waals surface area contributed by atoms with Crippen LogP contribution in [0.5, 0.6) is 0 Å². The summed E-state index contributed by atoms with van der Waals surface area (Å²) in [5, 5.41) is 93.4. The van der Waals surface area contributed by atoms with E-state index in [0.717, 1.165) is 5.57 Å². The van der Waals surface area contributed by atoms with E-state index in [0.29, 0.717) is 24.8 Å². The number of aliphatic hydroxyl groups excluding tert-OH is 5. The molecule has 4 saturated heterocycles. The molecule has 1 aromatic rings. The summed E-state index contributed by atoms with van der Waals surface area (Å²) in [6.07, 6.45) is -10.6. The minimum Gasteiger partial charge on any atom is -0.458 e. The largest absolute Gasteiger partial charge is 0.458 e. The second-order valence-electron chi connectivity index (χ2n) is 22.8. The highest BCUT2D eigenvalue weighted by atomic mass is 16.8. The Labute approximate surface area is 421 Å². The summed E-state index contributed by atoms with van der Waals surface area (Å²) in [5.74, 6) is -1.20. The van der Waals surface area contributed by atoms with Crippen LogP contribution in [0, 0.1) is 16.7 Å². The molecular weight excluding hydrogens is 941 g/mol. The first kappa shape index (κ1) is 54.5. The van der Waals surface area contributed by atoms with Crippen molar-refractivity contribution in [1.29, 1.82) is 0 Å². The smallest absolute Gasteiger partial charge is 0.338 e. The summed E-state index contributed by atoms with van der Waals surface area (Å²) in [6.45, 7) is 12.2. The molecule has 4 aliphatic heterocycles. The molecule has 4 aliphatic carbocycles. The van der Waals surface area contributed by atoms with Gasteiger partial charge in [0.2, 0.25) is 0 Å². The number of methoxy groups -OCH3 is 1. The van der Waals surface area contributed by atoms with E-state index in [4.69, 9.17) is 47.4 Å². The van der Waals surface area contributed by atoms with E-state index in [1.165, 1.54) is 14.0 Å². The minimum atomic E-state index is -1.93. The molecular formula is C53H80O19. The zero-order valence-corrected chi connectivity index (χ0v) is 42.9. The fourth-order valence-electron chi connectivity index (χ4n) is 14.4. The van der Waals surface area contributed by atoms with Crippen molar-refractivity contribution >= 4 is 5.97 Å². The molecule has 0 spiro atoms. The van der Waals surface area contributed by atoms with Crippen molar-refractivity contribution in [2.75, 3.05) is 7.11 Å². The van der Waals surface area contributed by atoms with E-state index in [9.17, 15) is 45.6 Å². The molecule has 3 saturated carbocycles. The third-order valence-corrected chi connectivity index (χ3v) is 18.7. The third kappa shape index (κ3) is 9.34. The van der Waals surface area contributed by atoms with Gasteiger partial charge in [-0.25, -0.2) is 4.79 Å². The van der Waals surface area contributed by atoms with Gasteiger partial charge in [0.15, 0.2) is 25.2 Å². The van der Waals surface area contributed by atoms with E-state index < -0.39 is 150 Å². The van der Waals surface area contributed by atoms with Crippen LogP contribution < -0.4 is 0 Å². The molecule has 19 heteroatoms. The number of hydrogen-bond acceptors (Lipinski definition) is 19. The zero-order valence-electron chi connectivity index (χ0n) is 42.9. The topological polar surface area (TPSA) is 271 Å². The molecule has 1 aromatic carbocycles. The molecule has 7 fully saturated rings. The highest BCUT2D eigenvalue weighted by Gasteiger charge is 2.81. The Bertz CT molecular complexity index is 2040. The fourth-order valence-corrected chi connectivity index (χ4v) is 14.4. The summed E-state index contributed by atoms with van der Waals surface area (Å²) in [5.41, 5.74) is -6.42. The van der Waals surface area contributed by atoms with Crippen LogP contribution >= 0.6 is 0 Å². The number of esters is 1. The van der Waals surface area contributed by atoms with E-state index in [1.807, 2.05) is 6.08 Å². The van der Waals surface area contributed by atoms with Crippen LogP contribution in [0.2, 0.25) is 0 Å². The Morgan fingerprint density at radius 2 is 1.21 bits per heavy atom. The molecule has 8 N–H and O–H groups in total. The first-order valence-corrected chi connectivity index (χ1v) is 26.3. The van der Waals surface area contributed by atoms with Gasteiger partial charge in [-0.1, -0.05) is 43.7 Å². The van der Waals surface area contributed by atoms with Crippen molar-refractivity contribution < 1.29 is 93.0 Å². The van der Waals surface area contributed by atoms with Gasteiger partial charge in [0.05, 0.1) is 72.0 Å². The molecule has 0 radical (unpaired) electrons. The van der Waals surface area contributed by atoms with Crippen LogP contribution in [0.15, 0.2) is 42.0 Å². The van der Waals surface area contributed by atoms with Crippen molar-refractivity contribution in [3.05, 3.63) is 47.5 Å². The number of rotatable bonds is 12. The normalized spacial score (nSPS) is 51.0. The number of carbonyl (C=O) groups is 1. The SMILES string of the molecule is CO[C@@H]1C[C@H](O[C@H]2[C@H](O)C[C@H](O[C@H]3[C@H](O)C[C@H](O[C@H]4[C@@H](O)C[C@H](O[C@H]5CC[C@@]6(C)C(=CC[C@]7(O)[C@@H]6C[C@@H](OC(=O)c6ccccc6)[C@@]6(C)[C@]7(O)CC[C@@]6(O)[C@@H](C)O)C5)O[C@@H]4C)O[C@@H]3C)O[C@@H]2C)O[C@H](C)[C@H]1O. The number of ether oxygens (including phenoxy) is 10. The number of aliphatic hydroxyl groups is 8. The standard InChI is InChI=1S/C53H80O19/c1-26-44(58)37(63-8)24-43(64-26)72-47-29(4)67-42(23-36(47)57)71-46-28(3)66-41(22-35(46)56)70-45-27(2)65-40(21-34(45)55)68-33-15-16-49(6)32(20-33)14-17-52(61)38(49)25-39(69-48(59)31-12-10-9-11-13-31)50(7)51(60,30(5)54)18-19-53(50,52)62/h9-14,26-30,33-47,54-58,60-62H,15-25H2,1-8H3/t26-,27-,28-,29-,30-,33+,34+,35-,36-,37-,38-,39-,40+,41+,42+,43+,44-,45-,46-,47-,49+,50-,51-,52+,53-/m1/s1. The first-order chi connectivity index (χ1) is 34.0. The molecule has 9 rings (SSSR count). The van der Waals surface area contributed by atoms with Gasteiger partial charge in [-0.15, -0.1) is 0 Å². The van der Waals surface area contributed by atoms with E-state index in [1.54, 1.807) is 65.0 Å². The maximum absolute atomic E-state index is 13.7. The van der Waals surface area contributed by atoms with Gasteiger partial charge in [-0.2, -0.15) is 0 Å². The predicted molar refractivity (Wildman–Crippen MR) is 252 cm³/mol. The van der Waals surface area contributed by atoms with Gasteiger partial charge in [0.25, 0.3) is 0 Å². The van der Waals surface area contributed by atoms with Gasteiger partial charge in [-0.3, -0.25) is 0 Å². The molecule has 0 amide bonds. The molecule has 406 valence electrons. The lowest BCUT2D eigenvalue weighted by Gasteiger charge is -2.67. The Hall–Kier alpha value is -2.25. The molecule has 0 bridgehead atoms. The average Bonchev–Trinajstić information content (AvgIpc) is 3.56. The van der Waals surface area contributed by atoms with Crippen LogP contribution in [0.4, 0.5) is 0 Å². The molecule has 8 aliphatic rings. The van der Waals surface area contributed by atoms with Gasteiger partial charge >= 0.3 is 5.97 Å². The number of benzene rings is 1. The van der Waals surface area contributed by atoms with Crippen molar-refractivity contribution in [2.45, 2.75) is 253 Å². The highest BCUT2D eigenvalue weighted by Crippen LogP contribution is 2.71. The van der Waals surface area contributed by atoms with Gasteiger partial charge < -0.3 is 88.2 Å². The lowest BCUT2D eigenvalue weighted by molar-refractivity contribution is -0.344. The lowest BCUT2D eigenvalue weighted by Crippen LogP contribution is -2.78. The molecule has 19 nitrogen and oxygen atoms in total. The Balaban J connectivity index is 0.786. The second-order valence-corrected chi connectivity index (χ2v) is 22.8. The molecule has 0 aromatic heterocycles. The monoisotopic (exact) mass is 1020 g/mol. The lowest BCUT2D eigenvalue weighted by atomic mass is 9.42. The number of carbonyl (C=O) groups excluding carboxylic acids is 1. The number of fused-ring (bicyclic) bond motifs is 5. The van der Waals surface area contributed by atoms with Gasteiger partial charge in [0, 0.05) is 38.7 Å². The zero-order chi connectivity index (χ0) is 51.9. The minimum absolute atomic E-state index is 0.000291. The summed E-state index contributed by atoms with van der Waals surface area (Å²) >= 11 is 0. The van der Waals surface area contributed by atoms with Crippen LogP contribution in [-0.4, -0.2) is 187 Å². The molecule has 4 heterocycles. The summed E-state index contributed by atoms with van der Waals surface area (Å²) in [4.78, 5) is 13.7. The summed E-state index contributed by atoms with van der Waals surface area (Å²) in [6, 6.07) is 8.51. The summed E-state index contributed by atoms with van der Waals surface area (Å²) < 4.78 is 61.3. The van der Waals surface area contributed by atoms with Gasteiger partial charge in [-0.05, 0) is 97.1 Å². The van der Waals surface area contributed by atoms with E-state index in [-0.39, 0.29) is 57.5 Å².